The van der Waals surface area contributed by atoms with Crippen molar-refractivity contribution in [3.05, 3.63) is 70.0 Å². The summed E-state index contributed by atoms with van der Waals surface area (Å²) < 4.78 is 11.2. The van der Waals surface area contributed by atoms with Crippen molar-refractivity contribution in [2.75, 3.05) is 0 Å². The Kier molecular flexibility index (Phi) is 4.68. The molecule has 0 atom stereocenters. The lowest BCUT2D eigenvalue weighted by molar-refractivity contribution is 0.0734. The number of rotatable bonds is 2. The molecule has 4 heteroatoms. The molecular weight excluding hydrogens is 340 g/mol. The van der Waals surface area contributed by atoms with Crippen LogP contribution >= 0.6 is 0 Å². The Morgan fingerprint density at radius 1 is 1.04 bits per heavy atom. The van der Waals surface area contributed by atoms with E-state index in [0.29, 0.717) is 28.4 Å². The van der Waals surface area contributed by atoms with Crippen LogP contribution in [-0.2, 0) is 5.41 Å². The average Bonchev–Trinajstić information content (AvgIpc) is 2.91. The first-order valence-corrected chi connectivity index (χ1v) is 8.95. The summed E-state index contributed by atoms with van der Waals surface area (Å²) in [5.41, 5.74) is 3.71. The maximum atomic E-state index is 12.5. The number of aryl methyl sites for hydroxylation is 1. The zero-order chi connectivity index (χ0) is 19.9. The lowest BCUT2D eigenvalue weighted by atomic mass is 9.87. The van der Waals surface area contributed by atoms with Gasteiger partial charge in [0.1, 0.15) is 11.5 Å². The van der Waals surface area contributed by atoms with Gasteiger partial charge in [-0.3, -0.25) is 4.79 Å². The predicted molar refractivity (Wildman–Crippen MR) is 105 cm³/mol. The van der Waals surface area contributed by atoms with Crippen molar-refractivity contribution in [1.82, 2.24) is 0 Å². The van der Waals surface area contributed by atoms with Crippen LogP contribution in [0.5, 0.6) is 11.5 Å². The van der Waals surface area contributed by atoms with Crippen LogP contribution in [-0.4, -0.2) is 11.8 Å². The molecule has 0 spiro atoms. The van der Waals surface area contributed by atoms with Gasteiger partial charge in [0.05, 0.1) is 11.1 Å². The first-order chi connectivity index (χ1) is 12.6. The molecule has 0 unspecified atom stereocenters. The van der Waals surface area contributed by atoms with E-state index in [1.165, 1.54) is 0 Å². The number of fused-ring (bicyclic) bond motifs is 1. The number of Topliss-reactive ketones (excluding diaryl/α,β-unsaturated/α-hetero) is 1. The van der Waals surface area contributed by atoms with Gasteiger partial charge < -0.3 is 9.47 Å². The van der Waals surface area contributed by atoms with E-state index < -0.39 is 5.97 Å². The molecule has 0 aliphatic carbocycles. The highest BCUT2D eigenvalue weighted by Crippen LogP contribution is 2.38. The third-order valence-corrected chi connectivity index (χ3v) is 4.57. The van der Waals surface area contributed by atoms with Crippen molar-refractivity contribution in [2.24, 2.45) is 0 Å². The normalized spacial score (nSPS) is 13.3. The molecule has 0 saturated heterocycles. The summed E-state index contributed by atoms with van der Waals surface area (Å²) >= 11 is 0. The van der Waals surface area contributed by atoms with Gasteiger partial charge in [-0.15, -0.1) is 0 Å². The number of ether oxygens (including phenoxy) is 2. The van der Waals surface area contributed by atoms with Crippen LogP contribution in [0.25, 0.3) is 0 Å². The summed E-state index contributed by atoms with van der Waals surface area (Å²) in [7, 11) is 0. The van der Waals surface area contributed by atoms with E-state index in [9.17, 15) is 9.59 Å². The monoisotopic (exact) mass is 364 g/mol. The maximum Gasteiger partial charge on any atom is 0.343 e. The molecule has 1 heterocycles. The third-order valence-electron chi connectivity index (χ3n) is 4.57. The summed E-state index contributed by atoms with van der Waals surface area (Å²) in [5, 5.41) is 0. The Morgan fingerprint density at radius 3 is 2.22 bits per heavy atom. The van der Waals surface area contributed by atoms with Crippen LogP contribution in [0.1, 0.15) is 66.5 Å². The summed E-state index contributed by atoms with van der Waals surface area (Å²) in [6.07, 6.45) is 0. The number of hydrogen-bond acceptors (Lipinski definition) is 4. The quantitative estimate of drug-likeness (QED) is 0.408. The standard InChI is InChI=1S/C23H24O4/c1-13(2)21-20(24)19-14(3)11-17(12-18(19)27-21)26-22(25)15-7-9-16(10-8-15)23(4,5)6/h7-12H,1-6H3. The molecule has 2 aromatic rings. The predicted octanol–water partition coefficient (Wildman–Crippen LogP) is 5.38. The molecule has 3 rings (SSSR count). The highest BCUT2D eigenvalue weighted by atomic mass is 16.5. The van der Waals surface area contributed by atoms with Crippen molar-refractivity contribution in [1.29, 1.82) is 0 Å². The number of ketones is 1. The molecule has 1 aliphatic heterocycles. The number of carbonyl (C=O) groups is 2. The lowest BCUT2D eigenvalue weighted by Gasteiger charge is -2.18. The molecule has 0 bridgehead atoms. The van der Waals surface area contributed by atoms with Crippen LogP contribution in [0.4, 0.5) is 0 Å². The summed E-state index contributed by atoms with van der Waals surface area (Å²) in [5.74, 6) is 0.565. The van der Waals surface area contributed by atoms with Crippen LogP contribution in [0, 0.1) is 6.92 Å². The molecule has 0 amide bonds. The van der Waals surface area contributed by atoms with Crippen molar-refractivity contribution < 1.29 is 19.1 Å². The SMILES string of the molecule is CC(C)=C1Oc2cc(OC(=O)c3ccc(C(C)(C)C)cc3)cc(C)c2C1=O. The van der Waals surface area contributed by atoms with Crippen molar-refractivity contribution in [3.8, 4) is 11.5 Å². The van der Waals surface area contributed by atoms with Gasteiger partial charge in [-0.2, -0.15) is 0 Å². The van der Waals surface area contributed by atoms with Gasteiger partial charge in [-0.25, -0.2) is 4.79 Å². The fraction of sp³-hybridized carbons (Fsp3) is 0.304. The minimum atomic E-state index is -0.443. The molecule has 1 aliphatic rings. The molecule has 2 aromatic carbocycles. The van der Waals surface area contributed by atoms with Gasteiger partial charge in [0.15, 0.2) is 5.76 Å². The molecule has 0 N–H and O–H groups in total. The van der Waals surface area contributed by atoms with E-state index >= 15 is 0 Å². The molecular formula is C23H24O4. The number of hydrogen-bond donors (Lipinski definition) is 0. The minimum absolute atomic E-state index is 0.0199. The Balaban J connectivity index is 1.85. The lowest BCUT2D eigenvalue weighted by Crippen LogP contribution is -2.13. The van der Waals surface area contributed by atoms with E-state index in [0.717, 1.165) is 16.7 Å². The first-order valence-electron chi connectivity index (χ1n) is 8.95. The Bertz CT molecular complexity index is 953. The van der Waals surface area contributed by atoms with Crippen LogP contribution in [0.3, 0.4) is 0 Å². The van der Waals surface area contributed by atoms with E-state index in [4.69, 9.17) is 9.47 Å². The largest absolute Gasteiger partial charge is 0.452 e. The molecule has 27 heavy (non-hydrogen) atoms. The summed E-state index contributed by atoms with van der Waals surface area (Å²) in [6, 6.07) is 10.7. The number of benzene rings is 2. The van der Waals surface area contributed by atoms with E-state index in [1.54, 1.807) is 24.3 Å². The van der Waals surface area contributed by atoms with E-state index in [-0.39, 0.29) is 11.2 Å². The Morgan fingerprint density at radius 2 is 1.67 bits per heavy atom. The zero-order valence-electron chi connectivity index (χ0n) is 16.6. The summed E-state index contributed by atoms with van der Waals surface area (Å²) in [6.45, 7) is 11.8. The highest BCUT2D eigenvalue weighted by Gasteiger charge is 2.31. The molecule has 0 saturated carbocycles. The molecule has 0 fully saturated rings. The summed E-state index contributed by atoms with van der Waals surface area (Å²) in [4.78, 5) is 24.9. The zero-order valence-corrected chi connectivity index (χ0v) is 16.6. The Labute approximate surface area is 159 Å². The fourth-order valence-electron chi connectivity index (χ4n) is 3.02. The number of carbonyl (C=O) groups excluding carboxylic acids is 2. The van der Waals surface area contributed by atoms with Gasteiger partial charge in [-0.1, -0.05) is 32.9 Å². The van der Waals surface area contributed by atoms with Gasteiger partial charge in [0, 0.05) is 6.07 Å². The second kappa shape index (κ2) is 6.69. The first kappa shape index (κ1) is 18.9. The number of esters is 1. The van der Waals surface area contributed by atoms with Crippen molar-refractivity contribution in [2.45, 2.75) is 47.0 Å². The second-order valence-electron chi connectivity index (χ2n) is 8.09. The van der Waals surface area contributed by atoms with Gasteiger partial charge in [0.25, 0.3) is 0 Å². The second-order valence-corrected chi connectivity index (χ2v) is 8.09. The van der Waals surface area contributed by atoms with E-state index in [2.05, 4.69) is 20.8 Å². The fourth-order valence-corrected chi connectivity index (χ4v) is 3.02. The van der Waals surface area contributed by atoms with Gasteiger partial charge in [0.2, 0.25) is 5.78 Å². The highest BCUT2D eigenvalue weighted by molar-refractivity contribution is 6.13. The third kappa shape index (κ3) is 3.65. The smallest absolute Gasteiger partial charge is 0.343 e. The van der Waals surface area contributed by atoms with Crippen molar-refractivity contribution >= 4 is 11.8 Å². The van der Waals surface area contributed by atoms with Gasteiger partial charge in [-0.05, 0) is 61.1 Å². The van der Waals surface area contributed by atoms with Crippen LogP contribution in [0.2, 0.25) is 0 Å². The molecule has 140 valence electrons. The van der Waals surface area contributed by atoms with Crippen LogP contribution in [0.15, 0.2) is 47.7 Å². The van der Waals surface area contributed by atoms with Gasteiger partial charge >= 0.3 is 5.97 Å². The van der Waals surface area contributed by atoms with Crippen molar-refractivity contribution in [3.63, 3.8) is 0 Å². The molecule has 0 aromatic heterocycles. The van der Waals surface area contributed by atoms with Crippen LogP contribution < -0.4 is 9.47 Å². The molecule has 0 radical (unpaired) electrons. The molecule has 4 nitrogen and oxygen atoms in total. The number of allylic oxidation sites excluding steroid dienone is 2. The average molecular weight is 364 g/mol. The minimum Gasteiger partial charge on any atom is -0.452 e. The maximum absolute atomic E-state index is 12.5. The topological polar surface area (TPSA) is 52.6 Å². The van der Waals surface area contributed by atoms with E-state index in [1.807, 2.05) is 32.9 Å². The Hall–Kier alpha value is -2.88.